The first-order chi connectivity index (χ1) is 9.90. The fourth-order valence-electron chi connectivity index (χ4n) is 1.42. The fourth-order valence-corrected chi connectivity index (χ4v) is 2.25. The molecule has 0 atom stereocenters. The molecular weight excluding hydrogens is 387 g/mol. The number of hydrogen-bond acceptors (Lipinski definition) is 6. The van der Waals surface area contributed by atoms with E-state index < -0.39 is 4.92 Å². The molecule has 0 aliphatic heterocycles. The Bertz CT molecular complexity index is 714. The van der Waals surface area contributed by atoms with Gasteiger partial charge in [-0.1, -0.05) is 23.2 Å². The van der Waals surface area contributed by atoms with Gasteiger partial charge in [0.1, 0.15) is 5.75 Å². The molecule has 0 unspecified atom stereocenters. The Morgan fingerprint density at radius 1 is 1.29 bits per heavy atom. The standard InChI is InChI=1S/C11H7BrCl2N4O3/c12-6-3-8(14)9(4-7(6)13)21-11-2-5(18(19)20)1-10(16-11)17-15/h1-4H,15H2,(H,16,17). The maximum absolute atomic E-state index is 10.8. The number of nitrogen functional groups attached to an aromatic ring is 1. The number of hydrogen-bond donors (Lipinski definition) is 2. The Balaban J connectivity index is 2.41. The molecule has 1 aromatic carbocycles. The molecule has 0 amide bonds. The van der Waals surface area contributed by atoms with Crippen LogP contribution in [0.5, 0.6) is 11.6 Å². The first-order valence-corrected chi connectivity index (χ1v) is 6.91. The third kappa shape index (κ3) is 3.73. The van der Waals surface area contributed by atoms with Crippen LogP contribution in [-0.4, -0.2) is 9.91 Å². The van der Waals surface area contributed by atoms with Crippen LogP contribution in [0.4, 0.5) is 11.5 Å². The number of nitrogens with two attached hydrogens (primary N) is 1. The predicted molar refractivity (Wildman–Crippen MR) is 82.9 cm³/mol. The highest BCUT2D eigenvalue weighted by Crippen LogP contribution is 2.36. The number of ether oxygens (including phenoxy) is 1. The minimum atomic E-state index is -0.592. The molecule has 0 bridgehead atoms. The summed E-state index contributed by atoms with van der Waals surface area (Å²) in [7, 11) is 0. The molecule has 2 rings (SSSR count). The number of halogens is 3. The van der Waals surface area contributed by atoms with E-state index in [-0.39, 0.29) is 28.2 Å². The van der Waals surface area contributed by atoms with Crippen molar-refractivity contribution in [3.8, 4) is 11.6 Å². The van der Waals surface area contributed by atoms with Crippen molar-refractivity contribution in [2.75, 3.05) is 5.43 Å². The Kier molecular flexibility index (Phi) is 4.84. The van der Waals surface area contributed by atoms with Crippen molar-refractivity contribution in [1.82, 2.24) is 4.98 Å². The van der Waals surface area contributed by atoms with E-state index in [1.54, 1.807) is 6.07 Å². The van der Waals surface area contributed by atoms with Crippen LogP contribution in [-0.2, 0) is 0 Å². The Labute approximate surface area is 137 Å². The highest BCUT2D eigenvalue weighted by atomic mass is 79.9. The van der Waals surface area contributed by atoms with Crippen LogP contribution in [0.15, 0.2) is 28.7 Å². The average Bonchev–Trinajstić information content (AvgIpc) is 2.44. The Morgan fingerprint density at radius 3 is 2.62 bits per heavy atom. The average molecular weight is 394 g/mol. The van der Waals surface area contributed by atoms with Crippen LogP contribution in [0, 0.1) is 10.1 Å². The number of rotatable bonds is 4. The van der Waals surface area contributed by atoms with Crippen LogP contribution >= 0.6 is 39.1 Å². The summed E-state index contributed by atoms with van der Waals surface area (Å²) >= 11 is 15.2. The molecule has 0 radical (unpaired) electrons. The highest BCUT2D eigenvalue weighted by Gasteiger charge is 2.14. The van der Waals surface area contributed by atoms with Crippen molar-refractivity contribution in [2.24, 2.45) is 5.84 Å². The predicted octanol–water partition coefficient (Wildman–Crippen LogP) is 4.14. The monoisotopic (exact) mass is 392 g/mol. The lowest BCUT2D eigenvalue weighted by atomic mass is 10.3. The second-order valence-electron chi connectivity index (χ2n) is 3.75. The normalized spacial score (nSPS) is 10.3. The van der Waals surface area contributed by atoms with E-state index in [0.29, 0.717) is 9.50 Å². The number of nitrogens with one attached hydrogen (secondary N) is 1. The van der Waals surface area contributed by atoms with Crippen molar-refractivity contribution in [3.05, 3.63) is 48.9 Å². The van der Waals surface area contributed by atoms with Crippen molar-refractivity contribution in [1.29, 1.82) is 0 Å². The molecule has 110 valence electrons. The third-order valence-corrected chi connectivity index (χ3v) is 3.83. The van der Waals surface area contributed by atoms with E-state index in [2.05, 4.69) is 26.3 Å². The molecule has 7 nitrogen and oxygen atoms in total. The molecule has 0 aliphatic rings. The molecule has 0 aliphatic carbocycles. The van der Waals surface area contributed by atoms with Gasteiger partial charge in [0.05, 0.1) is 27.1 Å². The van der Waals surface area contributed by atoms with Gasteiger partial charge >= 0.3 is 0 Å². The quantitative estimate of drug-likeness (QED) is 0.350. The topological polar surface area (TPSA) is 103 Å². The van der Waals surface area contributed by atoms with Gasteiger partial charge in [0.15, 0.2) is 5.82 Å². The van der Waals surface area contributed by atoms with E-state index in [9.17, 15) is 10.1 Å². The molecule has 1 aromatic heterocycles. The highest BCUT2D eigenvalue weighted by molar-refractivity contribution is 9.10. The number of pyridine rings is 1. The van der Waals surface area contributed by atoms with Crippen molar-refractivity contribution < 1.29 is 9.66 Å². The van der Waals surface area contributed by atoms with E-state index >= 15 is 0 Å². The summed E-state index contributed by atoms with van der Waals surface area (Å²) in [6.45, 7) is 0. The molecule has 21 heavy (non-hydrogen) atoms. The van der Waals surface area contributed by atoms with Crippen molar-refractivity contribution >= 4 is 50.6 Å². The van der Waals surface area contributed by atoms with Gasteiger partial charge in [-0.25, -0.2) is 5.84 Å². The molecular formula is C11H7BrCl2N4O3. The largest absolute Gasteiger partial charge is 0.437 e. The van der Waals surface area contributed by atoms with E-state index in [1.165, 1.54) is 12.1 Å². The molecule has 3 N–H and O–H groups in total. The summed E-state index contributed by atoms with van der Waals surface area (Å²) in [6, 6.07) is 5.32. The van der Waals surface area contributed by atoms with Gasteiger partial charge in [-0.3, -0.25) is 10.1 Å². The van der Waals surface area contributed by atoms with Crippen LogP contribution < -0.4 is 16.0 Å². The molecule has 1 heterocycles. The SMILES string of the molecule is NNc1cc([N+](=O)[O-])cc(Oc2cc(Cl)c(Br)cc2Cl)n1. The number of anilines is 1. The second kappa shape index (κ2) is 6.44. The zero-order valence-corrected chi connectivity index (χ0v) is 13.2. The van der Waals surface area contributed by atoms with Gasteiger partial charge in [-0.05, 0) is 22.0 Å². The zero-order valence-electron chi connectivity index (χ0n) is 10.1. The zero-order chi connectivity index (χ0) is 15.6. The summed E-state index contributed by atoms with van der Waals surface area (Å²) in [5.74, 6) is 5.46. The summed E-state index contributed by atoms with van der Waals surface area (Å²) in [4.78, 5) is 14.2. The summed E-state index contributed by atoms with van der Waals surface area (Å²) in [6.07, 6.45) is 0. The molecule has 10 heteroatoms. The maximum Gasteiger partial charge on any atom is 0.278 e. The Hall–Kier alpha value is -1.61. The van der Waals surface area contributed by atoms with Gasteiger partial charge in [0.2, 0.25) is 5.88 Å². The fraction of sp³-hybridized carbons (Fsp3) is 0. The lowest BCUT2D eigenvalue weighted by Gasteiger charge is -2.09. The molecule has 0 saturated heterocycles. The first-order valence-electron chi connectivity index (χ1n) is 5.36. The minimum absolute atomic E-state index is 0.0440. The lowest BCUT2D eigenvalue weighted by Crippen LogP contribution is -2.09. The second-order valence-corrected chi connectivity index (χ2v) is 5.42. The molecule has 0 spiro atoms. The van der Waals surface area contributed by atoms with Gasteiger partial charge < -0.3 is 10.2 Å². The number of aromatic nitrogens is 1. The van der Waals surface area contributed by atoms with Gasteiger partial charge in [0.25, 0.3) is 5.69 Å². The van der Waals surface area contributed by atoms with Crippen LogP contribution in [0.3, 0.4) is 0 Å². The smallest absolute Gasteiger partial charge is 0.278 e. The summed E-state index contributed by atoms with van der Waals surface area (Å²) < 4.78 is 6.03. The number of nitrogens with zero attached hydrogens (tertiary/aromatic N) is 2. The lowest BCUT2D eigenvalue weighted by molar-refractivity contribution is -0.384. The van der Waals surface area contributed by atoms with E-state index in [4.69, 9.17) is 33.8 Å². The van der Waals surface area contributed by atoms with Crippen LogP contribution in [0.25, 0.3) is 0 Å². The van der Waals surface area contributed by atoms with Gasteiger partial charge in [-0.15, -0.1) is 0 Å². The third-order valence-electron chi connectivity index (χ3n) is 2.33. The van der Waals surface area contributed by atoms with E-state index in [0.717, 1.165) is 6.07 Å². The van der Waals surface area contributed by atoms with Crippen molar-refractivity contribution in [3.63, 3.8) is 0 Å². The van der Waals surface area contributed by atoms with Crippen molar-refractivity contribution in [2.45, 2.75) is 0 Å². The maximum atomic E-state index is 10.8. The van der Waals surface area contributed by atoms with Crippen LogP contribution in [0.1, 0.15) is 0 Å². The minimum Gasteiger partial charge on any atom is -0.437 e. The van der Waals surface area contributed by atoms with Gasteiger partial charge in [0, 0.05) is 10.5 Å². The molecule has 0 saturated carbocycles. The first kappa shape index (κ1) is 15.8. The molecule has 2 aromatic rings. The summed E-state index contributed by atoms with van der Waals surface area (Å²) in [5.41, 5.74) is 1.99. The number of benzene rings is 1. The number of nitro groups is 1. The van der Waals surface area contributed by atoms with E-state index in [1.807, 2.05) is 0 Å². The molecule has 0 fully saturated rings. The van der Waals surface area contributed by atoms with Crippen LogP contribution in [0.2, 0.25) is 10.0 Å². The van der Waals surface area contributed by atoms with Gasteiger partial charge in [-0.2, -0.15) is 4.98 Å². The summed E-state index contributed by atoms with van der Waals surface area (Å²) in [5, 5.41) is 11.5. The number of hydrazine groups is 1. The Morgan fingerprint density at radius 2 is 2.00 bits per heavy atom.